The van der Waals surface area contributed by atoms with Crippen LogP contribution in [0.4, 0.5) is 0 Å². The molecule has 2 nitrogen and oxygen atoms in total. The Hall–Kier alpha value is -0.860. The van der Waals surface area contributed by atoms with E-state index in [1.54, 1.807) is 0 Å². The smallest absolute Gasteiger partial charge is 0.110 e. The minimum Gasteiger partial charge on any atom is -0.358 e. The molecule has 2 unspecified atom stereocenters. The van der Waals surface area contributed by atoms with Gasteiger partial charge in [-0.3, -0.25) is 5.32 Å². The summed E-state index contributed by atoms with van der Waals surface area (Å²) in [4.78, 5) is 0. The van der Waals surface area contributed by atoms with Gasteiger partial charge in [0.25, 0.3) is 0 Å². The summed E-state index contributed by atoms with van der Waals surface area (Å²) in [6.07, 6.45) is 1.58. The van der Waals surface area contributed by atoms with Crippen molar-refractivity contribution in [3.05, 3.63) is 35.9 Å². The third kappa shape index (κ3) is 2.80. The van der Waals surface area contributed by atoms with Crippen molar-refractivity contribution in [3.63, 3.8) is 0 Å². The molecule has 15 heavy (non-hydrogen) atoms. The first-order valence-electron chi connectivity index (χ1n) is 5.68. The molecule has 1 fully saturated rings. The first-order chi connectivity index (χ1) is 7.25. The zero-order valence-electron chi connectivity index (χ0n) is 9.44. The van der Waals surface area contributed by atoms with Gasteiger partial charge >= 0.3 is 0 Å². The van der Waals surface area contributed by atoms with Crippen LogP contribution in [0.2, 0.25) is 0 Å². The van der Waals surface area contributed by atoms with Gasteiger partial charge in [0, 0.05) is 6.54 Å². The monoisotopic (exact) mass is 205 g/mol. The van der Waals surface area contributed by atoms with Crippen LogP contribution >= 0.6 is 0 Å². The summed E-state index contributed by atoms with van der Waals surface area (Å²) < 4.78 is 5.92. The number of hydrogen-bond acceptors (Lipinski definition) is 2. The van der Waals surface area contributed by atoms with Crippen LogP contribution < -0.4 is 5.32 Å². The fourth-order valence-corrected chi connectivity index (χ4v) is 1.94. The second-order valence-electron chi connectivity index (χ2n) is 4.52. The molecule has 1 heterocycles. The van der Waals surface area contributed by atoms with Gasteiger partial charge in [-0.15, -0.1) is 0 Å². The minimum atomic E-state index is 0.235. The third-order valence-electron chi connectivity index (χ3n) is 2.80. The molecular weight excluding hydrogens is 186 g/mol. The van der Waals surface area contributed by atoms with Crippen molar-refractivity contribution in [3.8, 4) is 0 Å². The Bertz CT molecular complexity index is 297. The van der Waals surface area contributed by atoms with Gasteiger partial charge in [0.05, 0.1) is 6.10 Å². The molecule has 2 heteroatoms. The zero-order chi connectivity index (χ0) is 10.7. The van der Waals surface area contributed by atoms with Crippen LogP contribution in [0.5, 0.6) is 0 Å². The highest BCUT2D eigenvalue weighted by molar-refractivity contribution is 5.15. The summed E-state index contributed by atoms with van der Waals surface area (Å²) in [7, 11) is 0. The van der Waals surface area contributed by atoms with E-state index in [1.165, 1.54) is 5.56 Å². The van der Waals surface area contributed by atoms with E-state index in [4.69, 9.17) is 4.74 Å². The molecule has 0 radical (unpaired) electrons. The van der Waals surface area contributed by atoms with E-state index in [0.717, 1.165) is 13.0 Å². The van der Waals surface area contributed by atoms with Crippen molar-refractivity contribution in [2.75, 3.05) is 6.54 Å². The van der Waals surface area contributed by atoms with Crippen LogP contribution in [0.1, 0.15) is 19.4 Å². The Morgan fingerprint density at radius 1 is 1.33 bits per heavy atom. The largest absolute Gasteiger partial charge is 0.358 e. The maximum Gasteiger partial charge on any atom is 0.110 e. The standard InChI is InChI=1S/C13H19NO/c1-10(2)13-14-9-12(15-13)8-11-6-4-3-5-7-11/h3-7,10,12-14H,8-9H2,1-2H3. The van der Waals surface area contributed by atoms with E-state index in [1.807, 2.05) is 6.07 Å². The van der Waals surface area contributed by atoms with Gasteiger partial charge in [-0.1, -0.05) is 44.2 Å². The maximum atomic E-state index is 5.92. The lowest BCUT2D eigenvalue weighted by molar-refractivity contribution is 0.0149. The zero-order valence-corrected chi connectivity index (χ0v) is 9.44. The Morgan fingerprint density at radius 3 is 2.67 bits per heavy atom. The SMILES string of the molecule is CC(C)C1NCC(Cc2ccccc2)O1. The lowest BCUT2D eigenvalue weighted by atomic mass is 10.1. The first kappa shape index (κ1) is 10.7. The molecule has 1 aliphatic rings. The van der Waals surface area contributed by atoms with Crippen molar-refractivity contribution in [1.29, 1.82) is 0 Å². The van der Waals surface area contributed by atoms with Crippen LogP contribution in [0.15, 0.2) is 30.3 Å². The van der Waals surface area contributed by atoms with E-state index >= 15 is 0 Å². The number of nitrogens with one attached hydrogen (secondary N) is 1. The van der Waals surface area contributed by atoms with Crippen molar-refractivity contribution in [1.82, 2.24) is 5.32 Å². The van der Waals surface area contributed by atoms with E-state index in [9.17, 15) is 0 Å². The molecule has 1 saturated heterocycles. The third-order valence-corrected chi connectivity index (χ3v) is 2.80. The molecule has 2 rings (SSSR count). The molecular formula is C13H19NO. The van der Waals surface area contributed by atoms with Crippen LogP contribution in [0.3, 0.4) is 0 Å². The van der Waals surface area contributed by atoms with Gasteiger partial charge < -0.3 is 4.74 Å². The molecule has 1 N–H and O–H groups in total. The molecule has 0 aromatic heterocycles. The lowest BCUT2D eigenvalue weighted by Gasteiger charge is -2.15. The van der Waals surface area contributed by atoms with Gasteiger partial charge in [-0.2, -0.15) is 0 Å². The van der Waals surface area contributed by atoms with Crippen molar-refractivity contribution >= 4 is 0 Å². The molecule has 0 saturated carbocycles. The van der Waals surface area contributed by atoms with E-state index in [2.05, 4.69) is 43.4 Å². The summed E-state index contributed by atoms with van der Waals surface area (Å²) in [6, 6.07) is 10.5. The van der Waals surface area contributed by atoms with E-state index in [-0.39, 0.29) is 6.23 Å². The summed E-state index contributed by atoms with van der Waals surface area (Å²) in [5.74, 6) is 0.547. The van der Waals surface area contributed by atoms with Crippen LogP contribution in [-0.2, 0) is 11.2 Å². The number of ether oxygens (including phenoxy) is 1. The molecule has 2 atom stereocenters. The van der Waals surface area contributed by atoms with E-state index < -0.39 is 0 Å². The second-order valence-corrected chi connectivity index (χ2v) is 4.52. The minimum absolute atomic E-state index is 0.235. The molecule has 1 aromatic carbocycles. The summed E-state index contributed by atoms with van der Waals surface area (Å²) in [6.45, 7) is 5.34. The molecule has 1 aromatic rings. The molecule has 82 valence electrons. The Morgan fingerprint density at radius 2 is 2.07 bits per heavy atom. The first-order valence-corrected chi connectivity index (χ1v) is 5.68. The highest BCUT2D eigenvalue weighted by atomic mass is 16.5. The molecule has 0 bridgehead atoms. The number of rotatable bonds is 3. The summed E-state index contributed by atoms with van der Waals surface area (Å²) in [5.41, 5.74) is 1.36. The summed E-state index contributed by atoms with van der Waals surface area (Å²) in [5, 5.41) is 3.40. The molecule has 0 spiro atoms. The molecule has 0 aliphatic carbocycles. The van der Waals surface area contributed by atoms with Crippen molar-refractivity contribution in [2.24, 2.45) is 5.92 Å². The normalized spacial score (nSPS) is 26.1. The second kappa shape index (κ2) is 4.77. The predicted octanol–water partition coefficient (Wildman–Crippen LogP) is 2.20. The van der Waals surface area contributed by atoms with Crippen molar-refractivity contribution < 1.29 is 4.74 Å². The van der Waals surface area contributed by atoms with Gasteiger partial charge in [-0.25, -0.2) is 0 Å². The fraction of sp³-hybridized carbons (Fsp3) is 0.538. The Labute approximate surface area is 91.6 Å². The van der Waals surface area contributed by atoms with Gasteiger partial charge in [0.15, 0.2) is 0 Å². The molecule has 0 amide bonds. The highest BCUT2D eigenvalue weighted by Crippen LogP contribution is 2.16. The van der Waals surface area contributed by atoms with E-state index in [0.29, 0.717) is 12.0 Å². The average Bonchev–Trinajstić information content (AvgIpc) is 2.68. The van der Waals surface area contributed by atoms with Crippen molar-refractivity contribution in [2.45, 2.75) is 32.6 Å². The van der Waals surface area contributed by atoms with Gasteiger partial charge in [0.1, 0.15) is 6.23 Å². The Balaban J connectivity index is 1.88. The quantitative estimate of drug-likeness (QED) is 0.816. The fourth-order valence-electron chi connectivity index (χ4n) is 1.94. The number of benzene rings is 1. The molecule has 1 aliphatic heterocycles. The Kier molecular flexibility index (Phi) is 3.39. The van der Waals surface area contributed by atoms with Crippen LogP contribution in [-0.4, -0.2) is 18.9 Å². The average molecular weight is 205 g/mol. The van der Waals surface area contributed by atoms with Crippen LogP contribution in [0, 0.1) is 5.92 Å². The highest BCUT2D eigenvalue weighted by Gasteiger charge is 2.26. The van der Waals surface area contributed by atoms with Gasteiger partial charge in [0.2, 0.25) is 0 Å². The summed E-state index contributed by atoms with van der Waals surface area (Å²) >= 11 is 0. The predicted molar refractivity (Wildman–Crippen MR) is 61.6 cm³/mol. The van der Waals surface area contributed by atoms with Gasteiger partial charge in [-0.05, 0) is 17.9 Å². The number of hydrogen-bond donors (Lipinski definition) is 1. The van der Waals surface area contributed by atoms with Crippen LogP contribution in [0.25, 0.3) is 0 Å². The lowest BCUT2D eigenvalue weighted by Crippen LogP contribution is -2.27. The topological polar surface area (TPSA) is 21.3 Å². The maximum absolute atomic E-state index is 5.92.